The van der Waals surface area contributed by atoms with E-state index >= 15 is 0 Å². The van der Waals surface area contributed by atoms with E-state index in [1.165, 1.54) is 0 Å². The molecule has 0 heterocycles. The van der Waals surface area contributed by atoms with Crippen LogP contribution in [0.2, 0.25) is 0 Å². The molecule has 1 aromatic carbocycles. The highest BCUT2D eigenvalue weighted by Gasteiger charge is 2.51. The summed E-state index contributed by atoms with van der Waals surface area (Å²) in [6.07, 6.45) is -4.31. The molecule has 1 atom stereocenters. The Bertz CT molecular complexity index is 620. The standard InChI is InChI=1S/C15H17BrF3N3OS/c1-20-14(24)22-21-13(23)12(8-3-2-4-11(16)7-8)9-5-10(6-9)15(17,18)19/h2-4,7,9-10,12H,5-6H2,1H3,(H,21,23)(H2,20,22,24). The molecule has 3 N–H and O–H groups in total. The van der Waals surface area contributed by atoms with Gasteiger partial charge in [0.25, 0.3) is 0 Å². The first-order valence-corrected chi connectivity index (χ1v) is 8.52. The van der Waals surface area contributed by atoms with E-state index in [0.29, 0.717) is 5.56 Å². The molecule has 132 valence electrons. The van der Waals surface area contributed by atoms with Crippen LogP contribution in [0.25, 0.3) is 0 Å². The Kier molecular flexibility index (Phi) is 6.08. The van der Waals surface area contributed by atoms with Crippen molar-refractivity contribution >= 4 is 39.2 Å². The van der Waals surface area contributed by atoms with Gasteiger partial charge in [-0.05, 0) is 48.7 Å². The summed E-state index contributed by atoms with van der Waals surface area (Å²) in [6, 6.07) is 7.05. The van der Waals surface area contributed by atoms with Crippen molar-refractivity contribution in [1.82, 2.24) is 16.2 Å². The molecule has 0 bridgehead atoms. The topological polar surface area (TPSA) is 53.2 Å². The van der Waals surface area contributed by atoms with Crippen molar-refractivity contribution < 1.29 is 18.0 Å². The van der Waals surface area contributed by atoms with E-state index in [-0.39, 0.29) is 23.9 Å². The molecular formula is C15H17BrF3N3OS. The fourth-order valence-electron chi connectivity index (χ4n) is 2.80. The maximum atomic E-state index is 12.8. The minimum Gasteiger partial charge on any atom is -0.364 e. The Hall–Kier alpha value is -1.35. The van der Waals surface area contributed by atoms with Gasteiger partial charge in [0, 0.05) is 11.5 Å². The number of amides is 1. The van der Waals surface area contributed by atoms with Crippen molar-refractivity contribution in [2.75, 3.05) is 7.05 Å². The highest BCUT2D eigenvalue weighted by Crippen LogP contribution is 2.50. The number of carbonyl (C=O) groups is 1. The summed E-state index contributed by atoms with van der Waals surface area (Å²) in [4.78, 5) is 12.5. The van der Waals surface area contributed by atoms with E-state index in [2.05, 4.69) is 32.1 Å². The molecule has 0 aliphatic heterocycles. The van der Waals surface area contributed by atoms with E-state index in [0.717, 1.165) is 4.47 Å². The van der Waals surface area contributed by atoms with Crippen molar-refractivity contribution in [3.8, 4) is 0 Å². The van der Waals surface area contributed by atoms with Gasteiger partial charge in [0.15, 0.2) is 5.11 Å². The fourth-order valence-corrected chi connectivity index (χ4v) is 3.27. The lowest BCUT2D eigenvalue weighted by Crippen LogP contribution is -2.50. The van der Waals surface area contributed by atoms with Gasteiger partial charge in [-0.15, -0.1) is 0 Å². The van der Waals surface area contributed by atoms with Crippen LogP contribution in [-0.4, -0.2) is 24.2 Å². The molecule has 0 aromatic heterocycles. The van der Waals surface area contributed by atoms with Gasteiger partial charge in [-0.3, -0.25) is 15.6 Å². The van der Waals surface area contributed by atoms with Gasteiger partial charge in [0.1, 0.15) is 0 Å². The summed E-state index contributed by atoms with van der Waals surface area (Å²) in [5.41, 5.74) is 5.66. The molecule has 0 spiro atoms. The van der Waals surface area contributed by atoms with Crippen LogP contribution in [0, 0.1) is 11.8 Å². The molecule has 1 unspecified atom stereocenters. The number of hydrogen-bond donors (Lipinski definition) is 3. The molecule has 4 nitrogen and oxygen atoms in total. The third-order valence-electron chi connectivity index (χ3n) is 4.13. The number of benzene rings is 1. The van der Waals surface area contributed by atoms with Crippen molar-refractivity contribution in [2.45, 2.75) is 24.9 Å². The van der Waals surface area contributed by atoms with Gasteiger partial charge in [-0.2, -0.15) is 13.2 Å². The quantitative estimate of drug-likeness (QED) is 0.515. The predicted molar refractivity (Wildman–Crippen MR) is 92.1 cm³/mol. The number of nitrogens with one attached hydrogen (secondary N) is 3. The van der Waals surface area contributed by atoms with Crippen LogP contribution in [0.4, 0.5) is 13.2 Å². The third kappa shape index (κ3) is 4.60. The van der Waals surface area contributed by atoms with E-state index < -0.39 is 23.9 Å². The van der Waals surface area contributed by atoms with Gasteiger partial charge in [0.2, 0.25) is 5.91 Å². The Labute approximate surface area is 151 Å². The second-order valence-corrected chi connectivity index (χ2v) is 7.02. The van der Waals surface area contributed by atoms with Crippen molar-refractivity contribution in [1.29, 1.82) is 0 Å². The van der Waals surface area contributed by atoms with Crippen LogP contribution in [0.15, 0.2) is 28.7 Å². The van der Waals surface area contributed by atoms with Crippen molar-refractivity contribution in [3.63, 3.8) is 0 Å². The molecule has 1 aromatic rings. The Morgan fingerprint density at radius 3 is 2.54 bits per heavy atom. The molecule has 1 fully saturated rings. The molecule has 0 radical (unpaired) electrons. The smallest absolute Gasteiger partial charge is 0.364 e. The van der Waals surface area contributed by atoms with Crippen LogP contribution in [-0.2, 0) is 4.79 Å². The summed E-state index contributed by atoms with van der Waals surface area (Å²) >= 11 is 8.21. The second kappa shape index (κ2) is 7.69. The highest BCUT2D eigenvalue weighted by molar-refractivity contribution is 9.10. The number of hydrogen-bond acceptors (Lipinski definition) is 2. The third-order valence-corrected chi connectivity index (χ3v) is 4.92. The molecule has 24 heavy (non-hydrogen) atoms. The lowest BCUT2D eigenvalue weighted by Gasteiger charge is -2.40. The highest BCUT2D eigenvalue weighted by atomic mass is 79.9. The maximum Gasteiger partial charge on any atom is 0.391 e. The predicted octanol–water partition coefficient (Wildman–Crippen LogP) is 3.25. The summed E-state index contributed by atoms with van der Waals surface area (Å²) < 4.78 is 39.0. The van der Waals surface area contributed by atoms with Crippen molar-refractivity contribution in [3.05, 3.63) is 34.3 Å². The lowest BCUT2D eigenvalue weighted by atomic mass is 9.66. The molecule has 1 amide bonds. The van der Waals surface area contributed by atoms with Crippen molar-refractivity contribution in [2.24, 2.45) is 11.8 Å². The van der Waals surface area contributed by atoms with Crippen LogP contribution in [0.5, 0.6) is 0 Å². The first-order valence-electron chi connectivity index (χ1n) is 7.32. The zero-order chi connectivity index (χ0) is 17.9. The Morgan fingerprint density at radius 2 is 2.00 bits per heavy atom. The molecular weight excluding hydrogens is 407 g/mol. The van der Waals surface area contributed by atoms with E-state index in [9.17, 15) is 18.0 Å². The van der Waals surface area contributed by atoms with Crippen LogP contribution >= 0.6 is 28.1 Å². The number of hydrazine groups is 1. The van der Waals surface area contributed by atoms with Crippen LogP contribution in [0.1, 0.15) is 24.3 Å². The Balaban J connectivity index is 2.14. The zero-order valence-electron chi connectivity index (χ0n) is 12.8. The summed E-state index contributed by atoms with van der Waals surface area (Å²) in [5, 5.41) is 2.86. The molecule has 1 aliphatic carbocycles. The first kappa shape index (κ1) is 19.0. The normalized spacial score (nSPS) is 21.4. The minimum absolute atomic E-state index is 0.0510. The van der Waals surface area contributed by atoms with E-state index in [1.54, 1.807) is 31.3 Å². The lowest BCUT2D eigenvalue weighted by molar-refractivity contribution is -0.206. The SMILES string of the molecule is CNC(=S)NNC(=O)C(c1cccc(Br)c1)C1CC(C(F)(F)F)C1. The molecule has 2 rings (SSSR count). The number of rotatable bonds is 3. The summed E-state index contributed by atoms with van der Waals surface area (Å²) in [7, 11) is 1.59. The van der Waals surface area contributed by atoms with Gasteiger partial charge >= 0.3 is 6.18 Å². The average Bonchev–Trinajstić information content (AvgIpc) is 2.46. The van der Waals surface area contributed by atoms with Crippen LogP contribution in [0.3, 0.4) is 0 Å². The fraction of sp³-hybridized carbons (Fsp3) is 0.467. The van der Waals surface area contributed by atoms with E-state index in [1.807, 2.05) is 0 Å². The molecule has 9 heteroatoms. The average molecular weight is 424 g/mol. The number of thiocarbonyl (C=S) groups is 1. The molecule has 0 saturated heterocycles. The van der Waals surface area contributed by atoms with E-state index in [4.69, 9.17) is 12.2 Å². The van der Waals surface area contributed by atoms with Crippen LogP contribution < -0.4 is 16.2 Å². The zero-order valence-corrected chi connectivity index (χ0v) is 15.2. The van der Waals surface area contributed by atoms with Gasteiger partial charge in [0.05, 0.1) is 11.8 Å². The minimum atomic E-state index is -4.21. The monoisotopic (exact) mass is 423 g/mol. The number of carbonyl (C=O) groups excluding carboxylic acids is 1. The van der Waals surface area contributed by atoms with Gasteiger partial charge in [-0.25, -0.2) is 0 Å². The summed E-state index contributed by atoms with van der Waals surface area (Å²) in [6.45, 7) is 0. The molecule has 1 saturated carbocycles. The number of halogens is 4. The molecule has 1 aliphatic rings. The van der Waals surface area contributed by atoms with Gasteiger partial charge < -0.3 is 5.32 Å². The second-order valence-electron chi connectivity index (χ2n) is 5.70. The number of alkyl halides is 3. The van der Waals surface area contributed by atoms with Gasteiger partial charge in [-0.1, -0.05) is 28.1 Å². The largest absolute Gasteiger partial charge is 0.391 e. The Morgan fingerprint density at radius 1 is 1.33 bits per heavy atom. The maximum absolute atomic E-state index is 12.8. The first-order chi connectivity index (χ1) is 11.2. The summed E-state index contributed by atoms with van der Waals surface area (Å²) in [5.74, 6) is -2.78.